The highest BCUT2D eigenvalue weighted by molar-refractivity contribution is 5.97. The summed E-state index contributed by atoms with van der Waals surface area (Å²) in [6, 6.07) is 14.5. The first kappa shape index (κ1) is 13.7. The number of aromatic nitrogens is 3. The summed E-state index contributed by atoms with van der Waals surface area (Å²) in [6.45, 7) is 0.838. The number of amides is 1. The molecule has 0 unspecified atom stereocenters. The van der Waals surface area contributed by atoms with Gasteiger partial charge in [-0.05, 0) is 48.6 Å². The normalized spacial score (nSPS) is 22.4. The molecule has 0 radical (unpaired) electrons. The van der Waals surface area contributed by atoms with Crippen LogP contribution in [0.4, 0.5) is 0 Å². The van der Waals surface area contributed by atoms with E-state index in [2.05, 4.69) is 44.6 Å². The summed E-state index contributed by atoms with van der Waals surface area (Å²) in [7, 11) is 0. The average molecular weight is 318 g/mol. The molecular formula is C19H18N4O. The Morgan fingerprint density at radius 3 is 2.96 bits per heavy atom. The molecule has 2 atom stereocenters. The predicted molar refractivity (Wildman–Crippen MR) is 90.8 cm³/mol. The van der Waals surface area contributed by atoms with Crippen molar-refractivity contribution in [3.8, 4) is 0 Å². The van der Waals surface area contributed by atoms with Gasteiger partial charge in [0.2, 0.25) is 0 Å². The third kappa shape index (κ3) is 1.97. The van der Waals surface area contributed by atoms with Crippen molar-refractivity contribution in [2.24, 2.45) is 0 Å². The van der Waals surface area contributed by atoms with Crippen LogP contribution in [0.25, 0.3) is 11.0 Å². The van der Waals surface area contributed by atoms with Crippen LogP contribution in [0.15, 0.2) is 42.5 Å². The second kappa shape index (κ2) is 5.16. The first-order valence-electron chi connectivity index (χ1n) is 8.50. The quantitative estimate of drug-likeness (QED) is 0.750. The zero-order chi connectivity index (χ0) is 16.1. The molecule has 1 N–H and O–H groups in total. The van der Waals surface area contributed by atoms with E-state index < -0.39 is 0 Å². The van der Waals surface area contributed by atoms with Gasteiger partial charge >= 0.3 is 0 Å². The van der Waals surface area contributed by atoms with Crippen molar-refractivity contribution in [2.75, 3.05) is 6.54 Å². The number of rotatable bonds is 1. The van der Waals surface area contributed by atoms with E-state index in [4.69, 9.17) is 0 Å². The molecule has 24 heavy (non-hydrogen) atoms. The Morgan fingerprint density at radius 1 is 1.12 bits per heavy atom. The van der Waals surface area contributed by atoms with Gasteiger partial charge in [-0.1, -0.05) is 24.3 Å². The molecule has 1 saturated heterocycles. The lowest BCUT2D eigenvalue weighted by molar-refractivity contribution is 0.0595. The molecule has 1 aliphatic carbocycles. The Kier molecular flexibility index (Phi) is 2.95. The summed E-state index contributed by atoms with van der Waals surface area (Å²) < 4.78 is 0. The SMILES string of the molecule is O=C(c1ccc2n[nH]nc2c1)N1CCC[C@@H]2c3ccccc3C[C@@H]21. The molecule has 1 aliphatic heterocycles. The maximum Gasteiger partial charge on any atom is 0.254 e. The number of H-pyrrole nitrogens is 1. The van der Waals surface area contributed by atoms with Gasteiger partial charge in [-0.25, -0.2) is 0 Å². The van der Waals surface area contributed by atoms with Gasteiger partial charge in [0.05, 0.1) is 0 Å². The van der Waals surface area contributed by atoms with Crippen LogP contribution in [-0.2, 0) is 6.42 Å². The molecule has 1 fully saturated rings. The summed E-state index contributed by atoms with van der Waals surface area (Å²) in [5.74, 6) is 0.595. The van der Waals surface area contributed by atoms with Gasteiger partial charge in [0.15, 0.2) is 0 Å². The molecular weight excluding hydrogens is 300 g/mol. The van der Waals surface area contributed by atoms with Crippen molar-refractivity contribution in [1.82, 2.24) is 20.3 Å². The number of hydrogen-bond acceptors (Lipinski definition) is 3. The van der Waals surface area contributed by atoms with Crippen molar-refractivity contribution in [2.45, 2.75) is 31.2 Å². The first-order valence-corrected chi connectivity index (χ1v) is 8.50. The largest absolute Gasteiger partial charge is 0.335 e. The van der Waals surface area contributed by atoms with Gasteiger partial charge in [0.25, 0.3) is 5.91 Å². The number of aromatic amines is 1. The maximum atomic E-state index is 13.1. The minimum atomic E-state index is 0.113. The lowest BCUT2D eigenvalue weighted by Crippen LogP contribution is -2.46. The van der Waals surface area contributed by atoms with Crippen LogP contribution in [0, 0.1) is 0 Å². The van der Waals surface area contributed by atoms with Gasteiger partial charge in [-0.3, -0.25) is 4.79 Å². The maximum absolute atomic E-state index is 13.1. The minimum Gasteiger partial charge on any atom is -0.335 e. The topological polar surface area (TPSA) is 61.9 Å². The van der Waals surface area contributed by atoms with Gasteiger partial charge in [0, 0.05) is 24.1 Å². The number of carbonyl (C=O) groups is 1. The fourth-order valence-electron chi connectivity index (χ4n) is 4.37. The molecule has 1 amide bonds. The van der Waals surface area contributed by atoms with Crippen molar-refractivity contribution in [3.05, 3.63) is 59.2 Å². The van der Waals surface area contributed by atoms with E-state index in [9.17, 15) is 4.79 Å². The van der Waals surface area contributed by atoms with E-state index in [0.717, 1.165) is 30.4 Å². The fraction of sp³-hybridized carbons (Fsp3) is 0.316. The lowest BCUT2D eigenvalue weighted by Gasteiger charge is -2.38. The highest BCUT2D eigenvalue weighted by Crippen LogP contribution is 2.42. The molecule has 3 aromatic rings. The minimum absolute atomic E-state index is 0.113. The lowest BCUT2D eigenvalue weighted by atomic mass is 9.88. The standard InChI is InChI=1S/C19H18N4O/c24-19(13-7-8-16-17(10-13)21-22-20-16)23-9-3-6-15-14-5-2-1-4-12(14)11-18(15)23/h1-2,4-5,7-8,10,15,18H,3,6,9,11H2,(H,20,21,22)/t15-,18+/m1/s1. The Hall–Kier alpha value is -2.69. The molecule has 2 aliphatic rings. The second-order valence-corrected chi connectivity index (χ2v) is 6.74. The number of likely N-dealkylation sites (tertiary alicyclic amines) is 1. The highest BCUT2D eigenvalue weighted by atomic mass is 16.2. The molecule has 120 valence electrons. The van der Waals surface area contributed by atoms with Gasteiger partial charge in [0.1, 0.15) is 11.0 Å². The summed E-state index contributed by atoms with van der Waals surface area (Å²) in [5.41, 5.74) is 5.07. The molecule has 0 bridgehead atoms. The number of nitrogens with zero attached hydrogens (tertiary/aromatic N) is 3. The molecule has 2 heterocycles. The van der Waals surface area contributed by atoms with Crippen molar-refractivity contribution in [3.63, 3.8) is 0 Å². The van der Waals surface area contributed by atoms with Crippen molar-refractivity contribution >= 4 is 16.9 Å². The van der Waals surface area contributed by atoms with Crippen LogP contribution < -0.4 is 0 Å². The Bertz CT molecular complexity index is 932. The van der Waals surface area contributed by atoms with E-state index in [1.807, 2.05) is 18.2 Å². The van der Waals surface area contributed by atoms with E-state index in [-0.39, 0.29) is 11.9 Å². The Morgan fingerprint density at radius 2 is 2.00 bits per heavy atom. The monoisotopic (exact) mass is 318 g/mol. The predicted octanol–water partition coefficient (Wildman–Crippen LogP) is 2.90. The first-order chi connectivity index (χ1) is 11.8. The zero-order valence-electron chi connectivity index (χ0n) is 13.3. The average Bonchev–Trinajstić information content (AvgIpc) is 3.24. The van der Waals surface area contributed by atoms with Crippen molar-refractivity contribution < 1.29 is 4.79 Å². The van der Waals surface area contributed by atoms with Gasteiger partial charge < -0.3 is 4.90 Å². The van der Waals surface area contributed by atoms with E-state index in [1.54, 1.807) is 0 Å². The van der Waals surface area contributed by atoms with Crippen LogP contribution in [0.1, 0.15) is 40.2 Å². The van der Waals surface area contributed by atoms with Crippen LogP contribution >= 0.6 is 0 Å². The van der Waals surface area contributed by atoms with E-state index in [0.29, 0.717) is 11.5 Å². The van der Waals surface area contributed by atoms with Gasteiger partial charge in [-0.15, -0.1) is 0 Å². The fourth-order valence-corrected chi connectivity index (χ4v) is 4.37. The summed E-state index contributed by atoms with van der Waals surface area (Å²) in [6.07, 6.45) is 3.21. The molecule has 1 aromatic heterocycles. The molecule has 5 heteroatoms. The number of piperidine rings is 1. The van der Waals surface area contributed by atoms with Crippen LogP contribution in [-0.4, -0.2) is 38.8 Å². The van der Waals surface area contributed by atoms with Crippen LogP contribution in [0.5, 0.6) is 0 Å². The van der Waals surface area contributed by atoms with Crippen LogP contribution in [0.2, 0.25) is 0 Å². The Balaban J connectivity index is 1.49. The summed E-state index contributed by atoms with van der Waals surface area (Å²) in [5, 5.41) is 10.8. The third-order valence-corrected chi connectivity index (χ3v) is 5.49. The molecule has 5 nitrogen and oxygen atoms in total. The molecule has 5 rings (SSSR count). The zero-order valence-corrected chi connectivity index (χ0v) is 13.3. The summed E-state index contributed by atoms with van der Waals surface area (Å²) in [4.78, 5) is 15.2. The number of fused-ring (bicyclic) bond motifs is 4. The summed E-state index contributed by atoms with van der Waals surface area (Å²) >= 11 is 0. The molecule has 2 aromatic carbocycles. The Labute approximate surface area is 139 Å². The number of benzene rings is 2. The second-order valence-electron chi connectivity index (χ2n) is 6.74. The van der Waals surface area contributed by atoms with Crippen molar-refractivity contribution in [1.29, 1.82) is 0 Å². The van der Waals surface area contributed by atoms with Crippen LogP contribution in [0.3, 0.4) is 0 Å². The van der Waals surface area contributed by atoms with E-state index >= 15 is 0 Å². The number of hydrogen-bond donors (Lipinski definition) is 1. The number of carbonyl (C=O) groups excluding carboxylic acids is 1. The highest BCUT2D eigenvalue weighted by Gasteiger charge is 2.40. The van der Waals surface area contributed by atoms with Gasteiger partial charge in [-0.2, -0.15) is 15.4 Å². The number of nitrogens with one attached hydrogen (secondary N) is 1. The molecule has 0 spiro atoms. The third-order valence-electron chi connectivity index (χ3n) is 5.49. The smallest absolute Gasteiger partial charge is 0.254 e. The molecule has 0 saturated carbocycles. The van der Waals surface area contributed by atoms with E-state index in [1.165, 1.54) is 17.5 Å².